The molecule has 1 aromatic heterocycles. The summed E-state index contributed by atoms with van der Waals surface area (Å²) in [6.07, 6.45) is 6.20. The van der Waals surface area contributed by atoms with Crippen molar-refractivity contribution in [2.45, 2.75) is 50.4 Å². The Morgan fingerprint density at radius 3 is 2.85 bits per heavy atom. The molecule has 1 fully saturated rings. The SMILES string of the molecule is CCS(=O)C1CCCC(NC(=NC)NCc2ccn(-c3ccccc3)n2)C1. The Morgan fingerprint density at radius 2 is 2.11 bits per heavy atom. The first kappa shape index (κ1) is 19.6. The van der Waals surface area contributed by atoms with Crippen LogP contribution in [-0.4, -0.2) is 44.0 Å². The van der Waals surface area contributed by atoms with Gasteiger partial charge in [-0.2, -0.15) is 5.10 Å². The zero-order valence-corrected chi connectivity index (χ0v) is 16.9. The van der Waals surface area contributed by atoms with Gasteiger partial charge < -0.3 is 10.6 Å². The van der Waals surface area contributed by atoms with E-state index < -0.39 is 10.8 Å². The van der Waals surface area contributed by atoms with Gasteiger partial charge in [0.05, 0.1) is 17.9 Å². The van der Waals surface area contributed by atoms with Gasteiger partial charge in [-0.1, -0.05) is 31.5 Å². The highest BCUT2D eigenvalue weighted by Gasteiger charge is 2.26. The monoisotopic (exact) mass is 387 g/mol. The van der Waals surface area contributed by atoms with Crippen LogP contribution < -0.4 is 10.6 Å². The van der Waals surface area contributed by atoms with Crippen LogP contribution in [0.25, 0.3) is 5.69 Å². The third-order valence-corrected chi connectivity index (χ3v) is 6.69. The summed E-state index contributed by atoms with van der Waals surface area (Å²) in [5.41, 5.74) is 2.00. The molecule has 7 heteroatoms. The highest BCUT2D eigenvalue weighted by molar-refractivity contribution is 7.85. The average molecular weight is 388 g/mol. The standard InChI is InChI=1S/C20H29N5OS/c1-3-27(26)19-11-7-8-16(14-19)23-20(21-2)22-15-17-12-13-25(24-17)18-9-5-4-6-10-18/h4-6,9-10,12-13,16,19H,3,7-8,11,14-15H2,1-2H3,(H2,21,22,23). The molecule has 1 aliphatic rings. The molecule has 0 radical (unpaired) electrons. The molecule has 1 saturated carbocycles. The predicted molar refractivity (Wildman–Crippen MR) is 112 cm³/mol. The summed E-state index contributed by atoms with van der Waals surface area (Å²) < 4.78 is 14.0. The number of aromatic nitrogens is 2. The Balaban J connectivity index is 1.52. The molecule has 6 nitrogen and oxygen atoms in total. The maximum Gasteiger partial charge on any atom is 0.191 e. The maximum atomic E-state index is 12.1. The number of hydrogen-bond donors (Lipinski definition) is 2. The highest BCUT2D eigenvalue weighted by atomic mass is 32.2. The van der Waals surface area contributed by atoms with Crippen LogP contribution in [0.5, 0.6) is 0 Å². The third kappa shape index (κ3) is 5.42. The van der Waals surface area contributed by atoms with Gasteiger partial charge in [0.15, 0.2) is 5.96 Å². The lowest BCUT2D eigenvalue weighted by Crippen LogP contribution is -2.46. The molecule has 3 atom stereocenters. The van der Waals surface area contributed by atoms with E-state index in [0.29, 0.717) is 17.8 Å². The van der Waals surface area contributed by atoms with Gasteiger partial charge in [0.25, 0.3) is 0 Å². The lowest BCUT2D eigenvalue weighted by Gasteiger charge is -2.30. The number of para-hydroxylation sites is 1. The van der Waals surface area contributed by atoms with Gasteiger partial charge in [-0.25, -0.2) is 4.68 Å². The molecule has 1 heterocycles. The molecule has 2 aromatic rings. The van der Waals surface area contributed by atoms with Crippen molar-refractivity contribution in [3.63, 3.8) is 0 Å². The number of rotatable bonds is 6. The van der Waals surface area contributed by atoms with Crippen LogP contribution in [0.4, 0.5) is 0 Å². The molecular formula is C20H29N5OS. The topological polar surface area (TPSA) is 71.3 Å². The predicted octanol–water partition coefficient (Wildman–Crippen LogP) is 2.62. The molecule has 1 aliphatic carbocycles. The van der Waals surface area contributed by atoms with Gasteiger partial charge in [-0.15, -0.1) is 0 Å². The second-order valence-electron chi connectivity index (χ2n) is 6.81. The first-order chi connectivity index (χ1) is 13.2. The summed E-state index contributed by atoms with van der Waals surface area (Å²) in [6.45, 7) is 2.61. The van der Waals surface area contributed by atoms with Crippen LogP contribution in [-0.2, 0) is 17.3 Å². The number of aliphatic imine (C=N–C) groups is 1. The number of benzene rings is 1. The second-order valence-corrected chi connectivity index (χ2v) is 8.82. The fourth-order valence-electron chi connectivity index (χ4n) is 3.49. The van der Waals surface area contributed by atoms with E-state index in [1.165, 1.54) is 0 Å². The van der Waals surface area contributed by atoms with E-state index in [-0.39, 0.29) is 0 Å². The Morgan fingerprint density at radius 1 is 1.30 bits per heavy atom. The van der Waals surface area contributed by atoms with Crippen LogP contribution in [0, 0.1) is 0 Å². The molecule has 146 valence electrons. The summed E-state index contributed by atoms with van der Waals surface area (Å²) in [7, 11) is 1.07. The van der Waals surface area contributed by atoms with E-state index in [9.17, 15) is 4.21 Å². The average Bonchev–Trinajstić information content (AvgIpc) is 3.20. The fourth-order valence-corrected chi connectivity index (χ4v) is 4.84. The Hall–Kier alpha value is -2.15. The van der Waals surface area contributed by atoms with E-state index in [1.54, 1.807) is 7.05 Å². The summed E-state index contributed by atoms with van der Waals surface area (Å²) in [5.74, 6) is 1.52. The van der Waals surface area contributed by atoms with E-state index in [0.717, 1.165) is 48.8 Å². The first-order valence-electron chi connectivity index (χ1n) is 9.64. The lowest BCUT2D eigenvalue weighted by molar-refractivity contribution is 0.413. The van der Waals surface area contributed by atoms with E-state index in [2.05, 4.69) is 20.7 Å². The van der Waals surface area contributed by atoms with Crippen molar-refractivity contribution >= 4 is 16.8 Å². The van der Waals surface area contributed by atoms with Crippen LogP contribution in [0.2, 0.25) is 0 Å². The highest BCUT2D eigenvalue weighted by Crippen LogP contribution is 2.23. The van der Waals surface area contributed by atoms with Gasteiger partial charge >= 0.3 is 0 Å². The van der Waals surface area contributed by atoms with Crippen LogP contribution >= 0.6 is 0 Å². The minimum absolute atomic E-state index is 0.306. The minimum Gasteiger partial charge on any atom is -0.354 e. The van der Waals surface area contributed by atoms with Gasteiger partial charge in [0, 0.05) is 41.1 Å². The molecule has 0 saturated heterocycles. The van der Waals surface area contributed by atoms with Crippen LogP contribution in [0.1, 0.15) is 38.3 Å². The van der Waals surface area contributed by atoms with Crippen molar-refractivity contribution in [3.8, 4) is 5.69 Å². The minimum atomic E-state index is -0.713. The lowest BCUT2D eigenvalue weighted by atomic mass is 9.95. The van der Waals surface area contributed by atoms with E-state index in [4.69, 9.17) is 0 Å². The van der Waals surface area contributed by atoms with Gasteiger partial charge in [-0.3, -0.25) is 9.20 Å². The van der Waals surface area contributed by atoms with Crippen LogP contribution in [0.3, 0.4) is 0 Å². The van der Waals surface area contributed by atoms with Crippen molar-refractivity contribution in [3.05, 3.63) is 48.3 Å². The number of guanidine groups is 1. The molecule has 0 bridgehead atoms. The normalized spacial score (nSPS) is 21.6. The molecule has 1 aromatic carbocycles. The molecule has 3 unspecified atom stereocenters. The molecule has 27 heavy (non-hydrogen) atoms. The molecule has 2 N–H and O–H groups in total. The van der Waals surface area contributed by atoms with Crippen molar-refractivity contribution in [1.29, 1.82) is 0 Å². The van der Waals surface area contributed by atoms with Crippen molar-refractivity contribution in [2.75, 3.05) is 12.8 Å². The van der Waals surface area contributed by atoms with Crippen molar-refractivity contribution < 1.29 is 4.21 Å². The molecular weight excluding hydrogens is 358 g/mol. The Kier molecular flexibility index (Phi) is 7.04. The zero-order valence-electron chi connectivity index (χ0n) is 16.1. The summed E-state index contributed by atoms with van der Waals surface area (Å²) in [5, 5.41) is 11.8. The van der Waals surface area contributed by atoms with Crippen molar-refractivity contribution in [2.24, 2.45) is 4.99 Å². The third-order valence-electron chi connectivity index (χ3n) is 4.95. The van der Waals surface area contributed by atoms with E-state index in [1.807, 2.05) is 54.2 Å². The van der Waals surface area contributed by atoms with Crippen LogP contribution in [0.15, 0.2) is 47.6 Å². The smallest absolute Gasteiger partial charge is 0.191 e. The Labute approximate surface area is 163 Å². The zero-order chi connectivity index (χ0) is 19.1. The summed E-state index contributed by atoms with van der Waals surface area (Å²) >= 11 is 0. The quantitative estimate of drug-likeness (QED) is 0.590. The number of nitrogens with zero attached hydrogens (tertiary/aromatic N) is 3. The van der Waals surface area contributed by atoms with E-state index >= 15 is 0 Å². The van der Waals surface area contributed by atoms with Gasteiger partial charge in [0.2, 0.25) is 0 Å². The number of nitrogens with one attached hydrogen (secondary N) is 2. The summed E-state index contributed by atoms with van der Waals surface area (Å²) in [6, 6.07) is 12.4. The summed E-state index contributed by atoms with van der Waals surface area (Å²) in [4.78, 5) is 4.34. The number of hydrogen-bond acceptors (Lipinski definition) is 3. The molecule has 3 rings (SSSR count). The molecule has 0 amide bonds. The van der Waals surface area contributed by atoms with Gasteiger partial charge in [0.1, 0.15) is 0 Å². The largest absolute Gasteiger partial charge is 0.354 e. The van der Waals surface area contributed by atoms with Gasteiger partial charge in [-0.05, 0) is 37.5 Å². The second kappa shape index (κ2) is 9.69. The maximum absolute atomic E-state index is 12.1. The Bertz CT molecular complexity index is 774. The molecule has 0 spiro atoms. The van der Waals surface area contributed by atoms with Crippen molar-refractivity contribution in [1.82, 2.24) is 20.4 Å². The molecule has 0 aliphatic heterocycles. The first-order valence-corrected chi connectivity index (χ1v) is 11.0. The fraction of sp³-hybridized carbons (Fsp3) is 0.500.